The highest BCUT2D eigenvalue weighted by Gasteiger charge is 2.26. The lowest BCUT2D eigenvalue weighted by molar-refractivity contribution is -0.119. The van der Waals surface area contributed by atoms with Crippen LogP contribution in [0.25, 0.3) is 23.5 Å². The first kappa shape index (κ1) is 24.3. The Kier molecular flexibility index (Phi) is 6.77. The molecule has 4 rings (SSSR count). The van der Waals surface area contributed by atoms with Crippen LogP contribution in [-0.2, 0) is 19.6 Å². The Hall–Kier alpha value is -2.79. The van der Waals surface area contributed by atoms with Gasteiger partial charge in [-0.3, -0.25) is 9.59 Å². The Morgan fingerprint density at radius 3 is 2.41 bits per heavy atom. The van der Waals surface area contributed by atoms with E-state index < -0.39 is 15.4 Å². The van der Waals surface area contributed by atoms with Crippen LogP contribution in [-0.4, -0.2) is 49.8 Å². The van der Waals surface area contributed by atoms with E-state index in [4.69, 9.17) is 9.15 Å². The van der Waals surface area contributed by atoms with Crippen molar-refractivity contribution < 1.29 is 22.4 Å². The molecule has 180 valence electrons. The first-order chi connectivity index (χ1) is 16.0. The fraction of sp³-hybridized carbons (Fsp3) is 0.333. The number of Topliss-reactive ketones (excluding diaryl/α,β-unsaturated/α-hetero) is 1. The number of sulfonamides is 1. The highest BCUT2D eigenvalue weighted by atomic mass is 32.2. The average molecular weight is 503 g/mol. The first-order valence-corrected chi connectivity index (χ1v) is 13.0. The molecule has 8 nitrogen and oxygen atoms in total. The second-order valence-corrected chi connectivity index (χ2v) is 12.0. The number of ether oxygens (including phenoxy) is 1. The molecule has 1 N–H and O–H groups in total. The van der Waals surface area contributed by atoms with Gasteiger partial charge in [-0.1, -0.05) is 20.8 Å². The van der Waals surface area contributed by atoms with Crippen molar-refractivity contribution in [3.05, 3.63) is 61.7 Å². The van der Waals surface area contributed by atoms with E-state index in [9.17, 15) is 18.0 Å². The number of aromatic nitrogens is 1. The number of rotatable bonds is 5. The Balaban J connectivity index is 1.56. The number of thiazole rings is 1. The van der Waals surface area contributed by atoms with Gasteiger partial charge in [-0.15, -0.1) is 11.3 Å². The molecule has 0 bridgehead atoms. The van der Waals surface area contributed by atoms with Crippen LogP contribution in [0.1, 0.15) is 26.5 Å². The molecule has 1 saturated heterocycles. The largest absolute Gasteiger partial charge is 0.457 e. The second kappa shape index (κ2) is 9.46. The van der Waals surface area contributed by atoms with E-state index in [2.05, 4.69) is 4.98 Å². The van der Waals surface area contributed by atoms with Gasteiger partial charge in [0.05, 0.1) is 27.3 Å². The second-order valence-electron chi connectivity index (χ2n) is 8.93. The van der Waals surface area contributed by atoms with Crippen molar-refractivity contribution in [3.8, 4) is 11.3 Å². The summed E-state index contributed by atoms with van der Waals surface area (Å²) in [5.41, 5.74) is -0.114. The molecule has 3 heterocycles. The van der Waals surface area contributed by atoms with Crippen LogP contribution < -0.4 is 14.8 Å². The van der Waals surface area contributed by atoms with E-state index in [0.29, 0.717) is 52.6 Å². The molecule has 0 saturated carbocycles. The first-order valence-electron chi connectivity index (χ1n) is 10.8. The molecule has 0 spiro atoms. The van der Waals surface area contributed by atoms with Crippen molar-refractivity contribution in [2.45, 2.75) is 25.7 Å². The van der Waals surface area contributed by atoms with E-state index >= 15 is 0 Å². The van der Waals surface area contributed by atoms with Crippen LogP contribution in [0, 0.1) is 5.41 Å². The number of furan rings is 1. The average Bonchev–Trinajstić information content (AvgIpc) is 3.40. The zero-order chi connectivity index (χ0) is 24.5. The van der Waals surface area contributed by atoms with Crippen molar-refractivity contribution >= 4 is 39.3 Å². The molecule has 2 aromatic heterocycles. The summed E-state index contributed by atoms with van der Waals surface area (Å²) in [5, 5.41) is 0. The summed E-state index contributed by atoms with van der Waals surface area (Å²) in [4.78, 5) is 27.4. The van der Waals surface area contributed by atoms with Crippen LogP contribution in [0.15, 0.2) is 50.5 Å². The summed E-state index contributed by atoms with van der Waals surface area (Å²) in [5.74, 6) is 0.946. The summed E-state index contributed by atoms with van der Waals surface area (Å²) in [6, 6.07) is 10.00. The van der Waals surface area contributed by atoms with Gasteiger partial charge in [0, 0.05) is 36.2 Å². The number of carbonyl (C=O) groups is 1. The van der Waals surface area contributed by atoms with Crippen molar-refractivity contribution in [2.75, 3.05) is 26.3 Å². The number of hydrogen-bond acceptors (Lipinski definition) is 7. The summed E-state index contributed by atoms with van der Waals surface area (Å²) in [6.45, 7) is 6.92. The number of benzene rings is 1. The highest BCUT2D eigenvalue weighted by Crippen LogP contribution is 2.25. The zero-order valence-electron chi connectivity index (χ0n) is 19.2. The summed E-state index contributed by atoms with van der Waals surface area (Å²) >= 11 is 1.18. The van der Waals surface area contributed by atoms with Crippen LogP contribution in [0.5, 0.6) is 0 Å². The van der Waals surface area contributed by atoms with Crippen molar-refractivity contribution in [2.24, 2.45) is 5.41 Å². The van der Waals surface area contributed by atoms with E-state index in [0.717, 1.165) is 0 Å². The molecule has 1 aromatic carbocycles. The zero-order valence-corrected chi connectivity index (χ0v) is 20.8. The lowest BCUT2D eigenvalue weighted by atomic mass is 9.91. The quantitative estimate of drug-likeness (QED) is 0.571. The topological polar surface area (TPSA) is 110 Å². The third-order valence-electron chi connectivity index (χ3n) is 5.33. The Morgan fingerprint density at radius 1 is 1.09 bits per heavy atom. The molecule has 0 amide bonds. The van der Waals surface area contributed by atoms with Gasteiger partial charge < -0.3 is 14.1 Å². The number of nitrogens with one attached hydrogen (secondary N) is 1. The molecular weight excluding hydrogens is 476 g/mol. The van der Waals surface area contributed by atoms with Gasteiger partial charge in [-0.25, -0.2) is 8.42 Å². The van der Waals surface area contributed by atoms with Crippen molar-refractivity contribution in [1.29, 1.82) is 0 Å². The minimum Gasteiger partial charge on any atom is -0.457 e. The lowest BCUT2D eigenvalue weighted by Crippen LogP contribution is -2.40. The molecule has 1 fully saturated rings. The molecule has 0 unspecified atom stereocenters. The fourth-order valence-corrected chi connectivity index (χ4v) is 5.58. The lowest BCUT2D eigenvalue weighted by Gasteiger charge is -2.26. The van der Waals surface area contributed by atoms with Gasteiger partial charge in [0.2, 0.25) is 10.0 Å². The van der Waals surface area contributed by atoms with Gasteiger partial charge in [-0.2, -0.15) is 4.31 Å². The normalized spacial score (nSPS) is 16.8. The number of ketones is 1. The number of aromatic amines is 1. The molecule has 3 aromatic rings. The highest BCUT2D eigenvalue weighted by molar-refractivity contribution is 7.89. The van der Waals surface area contributed by atoms with E-state index in [1.54, 1.807) is 42.5 Å². The third-order valence-corrected chi connectivity index (χ3v) is 8.20. The molecular formula is C24H26N2O6S2. The van der Waals surface area contributed by atoms with Gasteiger partial charge >= 0.3 is 0 Å². The van der Waals surface area contributed by atoms with Crippen LogP contribution in [0.3, 0.4) is 0 Å². The Morgan fingerprint density at radius 2 is 1.76 bits per heavy atom. The van der Waals surface area contributed by atoms with E-state index in [-0.39, 0.29) is 16.2 Å². The number of nitrogens with zero attached hydrogens (tertiary/aromatic N) is 1. The molecule has 0 atom stereocenters. The van der Waals surface area contributed by atoms with Crippen molar-refractivity contribution in [1.82, 2.24) is 9.29 Å². The predicted molar refractivity (Wildman–Crippen MR) is 130 cm³/mol. The summed E-state index contributed by atoms with van der Waals surface area (Å²) in [6.07, 6.45) is 3.06. The molecule has 10 heteroatoms. The summed E-state index contributed by atoms with van der Waals surface area (Å²) < 4.78 is 39.0. The smallest absolute Gasteiger partial charge is 0.266 e. The maximum Gasteiger partial charge on any atom is 0.266 e. The molecule has 1 aliphatic rings. The summed E-state index contributed by atoms with van der Waals surface area (Å²) in [7, 11) is -3.56. The van der Waals surface area contributed by atoms with Gasteiger partial charge in [0.1, 0.15) is 11.5 Å². The molecule has 34 heavy (non-hydrogen) atoms. The van der Waals surface area contributed by atoms with E-state index in [1.165, 1.54) is 21.7 Å². The Bertz CT molecular complexity index is 1470. The Labute approximate surface area is 201 Å². The van der Waals surface area contributed by atoms with Gasteiger partial charge in [0.15, 0.2) is 5.78 Å². The van der Waals surface area contributed by atoms with Crippen LogP contribution >= 0.6 is 11.3 Å². The molecule has 1 aliphatic heterocycles. The minimum absolute atomic E-state index is 0.0732. The minimum atomic E-state index is -3.56. The van der Waals surface area contributed by atoms with Gasteiger partial charge in [-0.05, 0) is 36.4 Å². The SMILES string of the molecule is CC(C)(C)C(=O)C=c1[nH]c(=O)c(=Cc2ccc(-c3ccc(S(=O)(=O)N4CCOCC4)cc3)o2)s1. The van der Waals surface area contributed by atoms with Crippen LogP contribution in [0.4, 0.5) is 0 Å². The molecule has 0 aliphatic carbocycles. The third kappa shape index (κ3) is 5.30. The monoisotopic (exact) mass is 502 g/mol. The molecule has 0 radical (unpaired) electrons. The van der Waals surface area contributed by atoms with Crippen molar-refractivity contribution in [3.63, 3.8) is 0 Å². The number of H-pyrrole nitrogens is 1. The number of hydrogen-bond donors (Lipinski definition) is 1. The number of morpholine rings is 1. The standard InChI is InChI=1S/C24H26N2O6S2/c1-24(2,3)21(27)15-22-25-23(28)20(33-22)14-17-6-9-19(32-17)16-4-7-18(8-5-16)34(29,30)26-10-12-31-13-11-26/h4-9,14-15H,10-13H2,1-3H3,(H,25,28). The maximum atomic E-state index is 12.8. The maximum absolute atomic E-state index is 12.8. The number of carbonyl (C=O) groups excluding carboxylic acids is 1. The predicted octanol–water partition coefficient (Wildman–Crippen LogP) is 1.94. The van der Waals surface area contributed by atoms with Gasteiger partial charge in [0.25, 0.3) is 5.56 Å². The van der Waals surface area contributed by atoms with E-state index in [1.807, 2.05) is 20.8 Å². The van der Waals surface area contributed by atoms with Crippen LogP contribution in [0.2, 0.25) is 0 Å². The fourth-order valence-electron chi connectivity index (χ4n) is 3.30.